The fraction of sp³-hybridized carbons (Fsp3) is 0.273. The second kappa shape index (κ2) is 10.7. The van der Waals surface area contributed by atoms with Crippen molar-refractivity contribution < 1.29 is 19.1 Å². The van der Waals surface area contributed by atoms with Crippen LogP contribution in [0.3, 0.4) is 0 Å². The smallest absolute Gasteiger partial charge is 0.221 e. The molecule has 1 heterocycles. The Morgan fingerprint density at radius 2 is 1.74 bits per heavy atom. The number of nitrogens with one attached hydrogen (secondary N) is 1. The van der Waals surface area contributed by atoms with E-state index in [9.17, 15) is 9.59 Å². The van der Waals surface area contributed by atoms with Gasteiger partial charge < -0.3 is 14.8 Å². The number of nitrogens with zero attached hydrogens (tertiary/aromatic N) is 3. The van der Waals surface area contributed by atoms with E-state index in [4.69, 9.17) is 9.47 Å². The molecule has 8 nitrogen and oxygen atoms in total. The lowest BCUT2D eigenvalue weighted by Gasteiger charge is -2.10. The fourth-order valence-corrected chi connectivity index (χ4v) is 3.75. The molecule has 0 saturated heterocycles. The number of rotatable bonds is 10. The van der Waals surface area contributed by atoms with Crippen molar-refractivity contribution in [2.45, 2.75) is 18.6 Å². The zero-order valence-electron chi connectivity index (χ0n) is 17.6. The molecule has 31 heavy (non-hydrogen) atoms. The lowest BCUT2D eigenvalue weighted by Crippen LogP contribution is -2.09. The molecule has 0 radical (unpaired) electrons. The van der Waals surface area contributed by atoms with Crippen LogP contribution >= 0.6 is 11.8 Å². The molecule has 9 heteroatoms. The van der Waals surface area contributed by atoms with Crippen LogP contribution in [0.4, 0.5) is 5.69 Å². The van der Waals surface area contributed by atoms with Crippen molar-refractivity contribution in [2.75, 3.05) is 31.9 Å². The number of methoxy groups -OCH3 is 2. The highest BCUT2D eigenvalue weighted by atomic mass is 32.2. The molecule has 0 unspecified atom stereocenters. The Balaban J connectivity index is 1.73. The number of benzene rings is 2. The van der Waals surface area contributed by atoms with Crippen molar-refractivity contribution in [3.8, 4) is 17.1 Å². The monoisotopic (exact) mass is 440 g/mol. The van der Waals surface area contributed by atoms with Crippen LogP contribution in [-0.2, 0) is 16.1 Å². The molecule has 0 spiro atoms. The molecule has 3 aromatic rings. The predicted octanol–water partition coefficient (Wildman–Crippen LogP) is 3.53. The zero-order valence-corrected chi connectivity index (χ0v) is 18.4. The minimum atomic E-state index is -0.155. The lowest BCUT2D eigenvalue weighted by molar-refractivity contribution is -0.114. The summed E-state index contributed by atoms with van der Waals surface area (Å²) in [5.74, 6) is 1.49. The van der Waals surface area contributed by atoms with Crippen molar-refractivity contribution >= 4 is 29.1 Å². The van der Waals surface area contributed by atoms with E-state index in [-0.39, 0.29) is 17.4 Å². The summed E-state index contributed by atoms with van der Waals surface area (Å²) in [6.07, 6.45) is 0. The molecule has 2 aromatic carbocycles. The van der Waals surface area contributed by atoms with Gasteiger partial charge >= 0.3 is 0 Å². The molecule has 1 aromatic heterocycles. The molecule has 0 saturated carbocycles. The number of thioether (sulfide) groups is 1. The van der Waals surface area contributed by atoms with Gasteiger partial charge in [0, 0.05) is 30.8 Å². The first-order valence-electron chi connectivity index (χ1n) is 9.62. The van der Waals surface area contributed by atoms with Gasteiger partial charge in [-0.25, -0.2) is 0 Å². The van der Waals surface area contributed by atoms with Crippen LogP contribution in [0.5, 0.6) is 5.75 Å². The molecular weight excluding hydrogens is 416 g/mol. The van der Waals surface area contributed by atoms with Crippen LogP contribution < -0.4 is 10.1 Å². The first-order valence-corrected chi connectivity index (χ1v) is 10.6. The SMILES string of the molecule is COCCn1c(SCC(=O)c2ccc(NC(C)=O)cc2)nnc1-c1ccc(OC)cc1. The van der Waals surface area contributed by atoms with Gasteiger partial charge in [0.2, 0.25) is 5.91 Å². The number of ether oxygens (including phenoxy) is 2. The average molecular weight is 441 g/mol. The maximum absolute atomic E-state index is 12.6. The Labute approximate surface area is 185 Å². The summed E-state index contributed by atoms with van der Waals surface area (Å²) in [6, 6.07) is 14.4. The van der Waals surface area contributed by atoms with Gasteiger partial charge in [-0.2, -0.15) is 0 Å². The molecule has 0 aliphatic heterocycles. The molecule has 3 rings (SSSR count). The molecule has 0 bridgehead atoms. The number of hydrogen-bond acceptors (Lipinski definition) is 7. The maximum Gasteiger partial charge on any atom is 0.221 e. The van der Waals surface area contributed by atoms with Gasteiger partial charge in [0.15, 0.2) is 16.8 Å². The van der Waals surface area contributed by atoms with Gasteiger partial charge in [-0.1, -0.05) is 11.8 Å². The van der Waals surface area contributed by atoms with E-state index in [1.807, 2.05) is 28.8 Å². The first-order chi connectivity index (χ1) is 15.0. The van der Waals surface area contributed by atoms with E-state index >= 15 is 0 Å². The number of carbonyl (C=O) groups is 2. The van der Waals surface area contributed by atoms with E-state index in [0.717, 1.165) is 11.3 Å². The largest absolute Gasteiger partial charge is 0.497 e. The number of amides is 1. The van der Waals surface area contributed by atoms with Gasteiger partial charge in [0.05, 0.1) is 26.0 Å². The molecule has 1 N–H and O–H groups in total. The van der Waals surface area contributed by atoms with Crippen molar-refractivity contribution in [1.82, 2.24) is 14.8 Å². The molecule has 0 aliphatic carbocycles. The lowest BCUT2D eigenvalue weighted by atomic mass is 10.1. The summed E-state index contributed by atoms with van der Waals surface area (Å²) in [4.78, 5) is 23.7. The highest BCUT2D eigenvalue weighted by Gasteiger charge is 2.16. The molecule has 162 valence electrons. The van der Waals surface area contributed by atoms with Crippen molar-refractivity contribution in [3.63, 3.8) is 0 Å². The van der Waals surface area contributed by atoms with E-state index in [0.29, 0.717) is 35.4 Å². The summed E-state index contributed by atoms with van der Waals surface area (Å²) in [6.45, 7) is 2.50. The van der Waals surface area contributed by atoms with Crippen molar-refractivity contribution in [3.05, 3.63) is 54.1 Å². The molecule has 0 atom stereocenters. The molecule has 0 fully saturated rings. The summed E-state index contributed by atoms with van der Waals surface area (Å²) >= 11 is 1.33. The molecule has 1 amide bonds. The van der Waals surface area contributed by atoms with Crippen molar-refractivity contribution in [2.24, 2.45) is 0 Å². The standard InChI is InChI=1S/C22H24N4O4S/c1-15(27)23-18-8-4-16(5-9-18)20(28)14-31-22-25-24-21(26(22)12-13-29-2)17-6-10-19(30-3)11-7-17/h4-11H,12-14H2,1-3H3,(H,23,27). The summed E-state index contributed by atoms with van der Waals surface area (Å²) in [5.41, 5.74) is 2.12. The third-order valence-electron chi connectivity index (χ3n) is 4.44. The number of Topliss-reactive ketones (excluding diaryl/α,β-unsaturated/α-hetero) is 1. The van der Waals surface area contributed by atoms with Gasteiger partial charge in [-0.3, -0.25) is 14.2 Å². The Kier molecular flexibility index (Phi) is 7.80. The number of carbonyl (C=O) groups excluding carboxylic acids is 2. The highest BCUT2D eigenvalue weighted by molar-refractivity contribution is 7.99. The fourth-order valence-electron chi connectivity index (χ4n) is 2.89. The second-order valence-corrected chi connectivity index (χ2v) is 7.59. The van der Waals surface area contributed by atoms with Gasteiger partial charge in [0.25, 0.3) is 0 Å². The minimum absolute atomic E-state index is 0.0355. The second-order valence-electron chi connectivity index (χ2n) is 6.65. The summed E-state index contributed by atoms with van der Waals surface area (Å²) in [5, 5.41) is 11.9. The molecular formula is C22H24N4O4S. The van der Waals surface area contributed by atoms with Crippen LogP contribution in [0.1, 0.15) is 17.3 Å². The van der Waals surface area contributed by atoms with Gasteiger partial charge in [-0.15, -0.1) is 10.2 Å². The number of ketones is 1. The van der Waals surface area contributed by atoms with Crippen LogP contribution in [0.15, 0.2) is 53.7 Å². The minimum Gasteiger partial charge on any atom is -0.497 e. The number of anilines is 1. The highest BCUT2D eigenvalue weighted by Crippen LogP contribution is 2.26. The quantitative estimate of drug-likeness (QED) is 0.381. The average Bonchev–Trinajstić information content (AvgIpc) is 3.18. The molecule has 0 aliphatic rings. The number of hydrogen-bond donors (Lipinski definition) is 1. The normalized spacial score (nSPS) is 10.7. The summed E-state index contributed by atoms with van der Waals surface area (Å²) in [7, 11) is 3.26. The maximum atomic E-state index is 12.6. The third kappa shape index (κ3) is 5.93. The van der Waals surface area contributed by atoms with Crippen molar-refractivity contribution in [1.29, 1.82) is 0 Å². The Morgan fingerprint density at radius 3 is 2.35 bits per heavy atom. The van der Waals surface area contributed by atoms with Crippen LogP contribution in [0.2, 0.25) is 0 Å². The van der Waals surface area contributed by atoms with E-state index < -0.39 is 0 Å². The summed E-state index contributed by atoms with van der Waals surface area (Å²) < 4.78 is 12.4. The van der Waals surface area contributed by atoms with E-state index in [2.05, 4.69) is 15.5 Å². The Morgan fingerprint density at radius 1 is 1.03 bits per heavy atom. The van der Waals surface area contributed by atoms with Gasteiger partial charge in [0.1, 0.15) is 5.75 Å². The third-order valence-corrected chi connectivity index (χ3v) is 5.41. The predicted molar refractivity (Wildman–Crippen MR) is 120 cm³/mol. The Hall–Kier alpha value is -3.17. The van der Waals surface area contributed by atoms with Crippen LogP contribution in [0.25, 0.3) is 11.4 Å². The van der Waals surface area contributed by atoms with E-state index in [1.54, 1.807) is 38.5 Å². The topological polar surface area (TPSA) is 95.3 Å². The zero-order chi connectivity index (χ0) is 22.2. The van der Waals surface area contributed by atoms with E-state index in [1.165, 1.54) is 18.7 Å². The van der Waals surface area contributed by atoms with Gasteiger partial charge in [-0.05, 0) is 48.5 Å². The first kappa shape index (κ1) is 22.5. The van der Waals surface area contributed by atoms with Crippen LogP contribution in [-0.4, -0.2) is 53.0 Å². The Bertz CT molecular complexity index is 1030. The number of aromatic nitrogens is 3. The van der Waals surface area contributed by atoms with Crippen LogP contribution in [0, 0.1) is 0 Å².